The van der Waals surface area contributed by atoms with Crippen LogP contribution in [0, 0.1) is 6.92 Å². The SMILES string of the molecule is Cc1cc(Cl)cc(CNC(=O)Cn2c(=O)c(NCCc3ccccc3)cn(C)c2=O)c1O. The van der Waals surface area contributed by atoms with Crippen molar-refractivity contribution in [2.45, 2.75) is 26.4 Å². The maximum atomic E-state index is 12.8. The van der Waals surface area contributed by atoms with E-state index in [1.807, 2.05) is 30.3 Å². The Morgan fingerprint density at radius 2 is 1.88 bits per heavy atom. The molecular formula is C23H25ClN4O4. The van der Waals surface area contributed by atoms with Crippen LogP contribution in [0.2, 0.25) is 5.02 Å². The molecule has 0 fully saturated rings. The van der Waals surface area contributed by atoms with E-state index in [9.17, 15) is 19.5 Å². The van der Waals surface area contributed by atoms with Crippen LogP contribution in [0.15, 0.2) is 58.3 Å². The highest BCUT2D eigenvalue weighted by Gasteiger charge is 2.14. The summed E-state index contributed by atoms with van der Waals surface area (Å²) in [5, 5.41) is 16.2. The lowest BCUT2D eigenvalue weighted by Crippen LogP contribution is -2.43. The van der Waals surface area contributed by atoms with Gasteiger partial charge in [-0.1, -0.05) is 41.9 Å². The number of phenols is 1. The molecule has 3 N–H and O–H groups in total. The Bertz CT molecular complexity index is 1240. The number of halogens is 1. The van der Waals surface area contributed by atoms with Gasteiger partial charge < -0.3 is 20.3 Å². The highest BCUT2D eigenvalue weighted by atomic mass is 35.5. The molecule has 0 saturated carbocycles. The fourth-order valence-electron chi connectivity index (χ4n) is 3.31. The second-order valence-corrected chi connectivity index (χ2v) is 7.93. The molecule has 9 heteroatoms. The number of nitrogens with one attached hydrogen (secondary N) is 2. The van der Waals surface area contributed by atoms with Crippen molar-refractivity contribution in [3.8, 4) is 5.75 Å². The normalized spacial score (nSPS) is 10.7. The second-order valence-electron chi connectivity index (χ2n) is 7.50. The van der Waals surface area contributed by atoms with E-state index in [-0.39, 0.29) is 18.0 Å². The van der Waals surface area contributed by atoms with Crippen LogP contribution < -0.4 is 21.9 Å². The lowest BCUT2D eigenvalue weighted by molar-refractivity contribution is -0.121. The predicted molar refractivity (Wildman–Crippen MR) is 124 cm³/mol. The van der Waals surface area contributed by atoms with Gasteiger partial charge in [-0.3, -0.25) is 9.59 Å². The minimum atomic E-state index is -0.597. The van der Waals surface area contributed by atoms with Crippen molar-refractivity contribution in [2.75, 3.05) is 11.9 Å². The highest BCUT2D eigenvalue weighted by molar-refractivity contribution is 6.30. The smallest absolute Gasteiger partial charge is 0.331 e. The zero-order chi connectivity index (χ0) is 23.3. The molecule has 168 valence electrons. The van der Waals surface area contributed by atoms with Crippen LogP contribution in [0.1, 0.15) is 16.7 Å². The first-order valence-electron chi connectivity index (χ1n) is 10.1. The number of aromatic nitrogens is 2. The fraction of sp³-hybridized carbons (Fsp3) is 0.261. The van der Waals surface area contributed by atoms with Crippen molar-refractivity contribution in [1.82, 2.24) is 14.5 Å². The Kier molecular flexibility index (Phi) is 7.37. The first-order valence-corrected chi connectivity index (χ1v) is 10.5. The van der Waals surface area contributed by atoms with Gasteiger partial charge >= 0.3 is 5.69 Å². The van der Waals surface area contributed by atoms with Crippen LogP contribution in [0.25, 0.3) is 0 Å². The molecule has 8 nitrogen and oxygen atoms in total. The van der Waals surface area contributed by atoms with Crippen LogP contribution >= 0.6 is 11.6 Å². The van der Waals surface area contributed by atoms with E-state index in [1.54, 1.807) is 19.1 Å². The molecule has 0 atom stereocenters. The molecule has 0 bridgehead atoms. The van der Waals surface area contributed by atoms with Crippen LogP contribution in [-0.4, -0.2) is 26.7 Å². The molecule has 3 rings (SSSR count). The molecule has 1 amide bonds. The maximum Gasteiger partial charge on any atom is 0.331 e. The largest absolute Gasteiger partial charge is 0.507 e. The predicted octanol–water partition coefficient (Wildman–Crippen LogP) is 2.19. The molecule has 3 aromatic rings. The number of hydrogen-bond donors (Lipinski definition) is 3. The fourth-order valence-corrected chi connectivity index (χ4v) is 3.60. The summed E-state index contributed by atoms with van der Waals surface area (Å²) in [6, 6.07) is 13.0. The lowest BCUT2D eigenvalue weighted by atomic mass is 10.1. The monoisotopic (exact) mass is 456 g/mol. The summed E-state index contributed by atoms with van der Waals surface area (Å²) in [7, 11) is 1.52. The zero-order valence-corrected chi connectivity index (χ0v) is 18.6. The van der Waals surface area contributed by atoms with Gasteiger partial charge in [-0.25, -0.2) is 9.36 Å². The molecule has 1 heterocycles. The molecule has 1 aromatic heterocycles. The average molecular weight is 457 g/mol. The molecule has 0 unspecified atom stereocenters. The van der Waals surface area contributed by atoms with Gasteiger partial charge in [0.25, 0.3) is 5.56 Å². The molecular weight excluding hydrogens is 432 g/mol. The Morgan fingerprint density at radius 1 is 1.16 bits per heavy atom. The Hall–Kier alpha value is -3.52. The first-order chi connectivity index (χ1) is 15.3. The molecule has 0 aliphatic rings. The third-order valence-corrected chi connectivity index (χ3v) is 5.24. The summed E-state index contributed by atoms with van der Waals surface area (Å²) in [5.41, 5.74) is 1.21. The maximum absolute atomic E-state index is 12.8. The van der Waals surface area contributed by atoms with E-state index < -0.39 is 23.7 Å². The van der Waals surface area contributed by atoms with Crippen LogP contribution in [-0.2, 0) is 31.4 Å². The van der Waals surface area contributed by atoms with Crippen molar-refractivity contribution in [3.63, 3.8) is 0 Å². The number of aromatic hydroxyl groups is 1. The third-order valence-electron chi connectivity index (χ3n) is 5.02. The van der Waals surface area contributed by atoms with Crippen molar-refractivity contribution in [3.05, 3.63) is 91.2 Å². The summed E-state index contributed by atoms with van der Waals surface area (Å²) in [5.74, 6) is -0.505. The Morgan fingerprint density at radius 3 is 2.59 bits per heavy atom. The number of hydrogen-bond acceptors (Lipinski definition) is 5. The number of carbonyl (C=O) groups is 1. The summed E-state index contributed by atoms with van der Waals surface area (Å²) in [6.45, 7) is 1.76. The van der Waals surface area contributed by atoms with E-state index >= 15 is 0 Å². The molecule has 0 saturated heterocycles. The number of anilines is 1. The summed E-state index contributed by atoms with van der Waals surface area (Å²) in [6.07, 6.45) is 2.13. The topological polar surface area (TPSA) is 105 Å². The molecule has 0 aliphatic carbocycles. The molecule has 0 aliphatic heterocycles. The van der Waals surface area contributed by atoms with Crippen molar-refractivity contribution in [2.24, 2.45) is 7.05 Å². The summed E-state index contributed by atoms with van der Waals surface area (Å²) < 4.78 is 2.13. The number of amides is 1. The van der Waals surface area contributed by atoms with E-state index in [2.05, 4.69) is 10.6 Å². The standard InChI is InChI=1S/C23H25ClN4O4/c1-15-10-18(24)11-17(21(15)30)12-26-20(29)14-28-22(31)19(13-27(2)23(28)32)25-9-8-16-6-4-3-5-7-16/h3-7,10-11,13,25,30H,8-9,12,14H2,1-2H3,(H,26,29). The number of phenolic OH excluding ortho intramolecular Hbond substituents is 1. The van der Waals surface area contributed by atoms with E-state index in [0.29, 0.717) is 29.1 Å². The van der Waals surface area contributed by atoms with Gasteiger partial charge in [-0.05, 0) is 36.6 Å². The van der Waals surface area contributed by atoms with Gasteiger partial charge in [-0.15, -0.1) is 0 Å². The highest BCUT2D eigenvalue weighted by Crippen LogP contribution is 2.26. The van der Waals surface area contributed by atoms with Crippen LogP contribution in [0.4, 0.5) is 5.69 Å². The van der Waals surface area contributed by atoms with Gasteiger partial charge in [0.1, 0.15) is 18.0 Å². The molecule has 2 aromatic carbocycles. The van der Waals surface area contributed by atoms with Gasteiger partial charge in [0, 0.05) is 36.9 Å². The minimum absolute atomic E-state index is 0.0101. The van der Waals surface area contributed by atoms with E-state index in [4.69, 9.17) is 11.6 Å². The number of nitrogens with zero attached hydrogens (tertiary/aromatic N) is 2. The lowest BCUT2D eigenvalue weighted by Gasteiger charge is -2.13. The van der Waals surface area contributed by atoms with Crippen LogP contribution in [0.5, 0.6) is 5.75 Å². The Balaban J connectivity index is 1.69. The average Bonchev–Trinajstić information content (AvgIpc) is 2.77. The van der Waals surface area contributed by atoms with E-state index in [1.165, 1.54) is 17.8 Å². The number of rotatable bonds is 8. The van der Waals surface area contributed by atoms with Crippen LogP contribution in [0.3, 0.4) is 0 Å². The number of carbonyl (C=O) groups excluding carboxylic acids is 1. The van der Waals surface area contributed by atoms with E-state index in [0.717, 1.165) is 10.1 Å². The Labute approximate surface area is 190 Å². The number of aryl methyl sites for hydroxylation is 2. The van der Waals surface area contributed by atoms with Crippen molar-refractivity contribution < 1.29 is 9.90 Å². The molecule has 0 spiro atoms. The first kappa shape index (κ1) is 23.1. The van der Waals surface area contributed by atoms with Crippen molar-refractivity contribution in [1.29, 1.82) is 0 Å². The van der Waals surface area contributed by atoms with Gasteiger partial charge in [0.2, 0.25) is 5.91 Å². The molecule has 32 heavy (non-hydrogen) atoms. The minimum Gasteiger partial charge on any atom is -0.507 e. The van der Waals surface area contributed by atoms with Crippen molar-refractivity contribution >= 4 is 23.2 Å². The van der Waals surface area contributed by atoms with Gasteiger partial charge in [0.15, 0.2) is 0 Å². The number of benzene rings is 2. The summed E-state index contributed by atoms with van der Waals surface area (Å²) >= 11 is 6.00. The second kappa shape index (κ2) is 10.2. The quantitative estimate of drug-likeness (QED) is 0.482. The third kappa shape index (κ3) is 5.59. The van der Waals surface area contributed by atoms with Gasteiger partial charge in [-0.2, -0.15) is 0 Å². The zero-order valence-electron chi connectivity index (χ0n) is 17.9. The molecule has 0 radical (unpaired) electrons. The van der Waals surface area contributed by atoms with Gasteiger partial charge in [0.05, 0.1) is 0 Å². The summed E-state index contributed by atoms with van der Waals surface area (Å²) in [4.78, 5) is 37.7.